The van der Waals surface area contributed by atoms with Gasteiger partial charge in [0.05, 0.1) is 39.9 Å². The summed E-state index contributed by atoms with van der Waals surface area (Å²) < 4.78 is 27.6. The van der Waals surface area contributed by atoms with Crippen molar-refractivity contribution in [2.75, 3.05) is 28.4 Å². The molecule has 1 atom stereocenters. The highest BCUT2D eigenvalue weighted by atomic mass is 16.5. The molecule has 0 radical (unpaired) electrons. The lowest BCUT2D eigenvalue weighted by Crippen LogP contribution is -2.34. The van der Waals surface area contributed by atoms with E-state index in [-0.39, 0.29) is 12.4 Å². The highest BCUT2D eigenvalue weighted by Crippen LogP contribution is 2.48. The first-order chi connectivity index (χ1) is 17.4. The molecule has 36 heavy (non-hydrogen) atoms. The highest BCUT2D eigenvalue weighted by molar-refractivity contribution is 6.04. The van der Waals surface area contributed by atoms with Crippen molar-refractivity contribution in [1.29, 1.82) is 0 Å². The van der Waals surface area contributed by atoms with Crippen molar-refractivity contribution in [2.45, 2.75) is 38.7 Å². The van der Waals surface area contributed by atoms with E-state index in [0.717, 1.165) is 29.9 Å². The number of rotatable bonds is 8. The van der Waals surface area contributed by atoms with Crippen LogP contribution in [0.2, 0.25) is 0 Å². The van der Waals surface area contributed by atoms with E-state index in [0.29, 0.717) is 46.1 Å². The minimum atomic E-state index is -0.674. The second-order valence-electron chi connectivity index (χ2n) is 8.64. The fourth-order valence-corrected chi connectivity index (χ4v) is 4.79. The summed E-state index contributed by atoms with van der Waals surface area (Å²) in [6.07, 6.45) is 1.89. The Hall–Kier alpha value is -3.94. The Kier molecular flexibility index (Phi) is 7.52. The van der Waals surface area contributed by atoms with Crippen LogP contribution < -0.4 is 24.3 Å². The largest absolute Gasteiger partial charge is 0.497 e. The Labute approximate surface area is 210 Å². The Morgan fingerprint density at radius 1 is 0.917 bits per heavy atom. The van der Waals surface area contributed by atoms with Gasteiger partial charge in [0.2, 0.25) is 0 Å². The maximum atomic E-state index is 13.6. The van der Waals surface area contributed by atoms with Crippen LogP contribution in [0.5, 0.6) is 23.0 Å². The molecule has 2 aromatic carbocycles. The average molecular weight is 494 g/mol. The number of carbonyl (C=O) groups excluding carboxylic acids is 2. The lowest BCUT2D eigenvalue weighted by Gasteiger charge is -2.34. The number of benzene rings is 2. The number of allylic oxidation sites excluding steroid dienone is 3. The molecule has 0 fully saturated rings. The van der Waals surface area contributed by atoms with Gasteiger partial charge in [0.15, 0.2) is 17.3 Å². The van der Waals surface area contributed by atoms with Crippen LogP contribution in [0.3, 0.4) is 0 Å². The van der Waals surface area contributed by atoms with E-state index in [1.165, 1.54) is 7.11 Å². The molecule has 0 aromatic heterocycles. The molecular weight excluding hydrogens is 462 g/mol. The second-order valence-corrected chi connectivity index (χ2v) is 8.64. The predicted molar refractivity (Wildman–Crippen MR) is 133 cm³/mol. The molecule has 8 heteroatoms. The monoisotopic (exact) mass is 493 g/mol. The molecule has 2 aromatic rings. The number of nitrogens with one attached hydrogen (secondary N) is 1. The highest BCUT2D eigenvalue weighted by Gasteiger charge is 2.41. The van der Waals surface area contributed by atoms with E-state index in [4.69, 9.17) is 23.7 Å². The first kappa shape index (κ1) is 25.2. The first-order valence-electron chi connectivity index (χ1n) is 11.8. The summed E-state index contributed by atoms with van der Waals surface area (Å²) in [6.45, 7) is 1.91. The normalized spacial score (nSPS) is 17.2. The smallest absolute Gasteiger partial charge is 0.337 e. The van der Waals surface area contributed by atoms with Gasteiger partial charge in [-0.2, -0.15) is 0 Å². The number of esters is 1. The summed E-state index contributed by atoms with van der Waals surface area (Å²) in [6, 6.07) is 10.8. The Bertz CT molecular complexity index is 1230. The molecule has 4 rings (SSSR count). The summed E-state index contributed by atoms with van der Waals surface area (Å²) in [4.78, 5) is 26.8. The molecule has 1 heterocycles. The van der Waals surface area contributed by atoms with E-state index >= 15 is 0 Å². The van der Waals surface area contributed by atoms with E-state index in [9.17, 15) is 9.59 Å². The lowest BCUT2D eigenvalue weighted by atomic mass is 9.75. The molecule has 1 aliphatic heterocycles. The van der Waals surface area contributed by atoms with Crippen LogP contribution >= 0.6 is 0 Å². The minimum Gasteiger partial charge on any atom is -0.497 e. The van der Waals surface area contributed by atoms with Gasteiger partial charge in [-0.15, -0.1) is 0 Å². The number of dihydropyridines is 1. The summed E-state index contributed by atoms with van der Waals surface area (Å²) in [7, 11) is 6.22. The van der Waals surface area contributed by atoms with Gasteiger partial charge in [0.1, 0.15) is 18.1 Å². The maximum absolute atomic E-state index is 13.6. The third kappa shape index (κ3) is 4.76. The zero-order chi connectivity index (χ0) is 25.8. The fraction of sp³-hybridized carbons (Fsp3) is 0.357. The zero-order valence-electron chi connectivity index (χ0n) is 21.2. The lowest BCUT2D eigenvalue weighted by molar-refractivity contribution is -0.140. The zero-order valence-corrected chi connectivity index (χ0v) is 21.2. The molecule has 0 spiro atoms. The second kappa shape index (κ2) is 10.8. The van der Waals surface area contributed by atoms with Crippen LogP contribution in [0.1, 0.15) is 43.2 Å². The number of hydrogen-bond donors (Lipinski definition) is 1. The molecule has 2 aliphatic rings. The SMILES string of the molecule is COc1ccc(COC(=O)C2=C(C)NC3=C(C(=O)CCC3)[C@H]2c2cc(OC)c(OC)cc2OC)cc1. The quantitative estimate of drug-likeness (QED) is 0.540. The van der Waals surface area contributed by atoms with Gasteiger partial charge in [0.25, 0.3) is 0 Å². The molecule has 1 aliphatic carbocycles. The summed E-state index contributed by atoms with van der Waals surface area (Å²) in [5.74, 6) is 0.976. The average Bonchev–Trinajstić information content (AvgIpc) is 2.90. The van der Waals surface area contributed by atoms with Gasteiger partial charge in [-0.25, -0.2) is 4.79 Å². The Morgan fingerprint density at radius 2 is 1.58 bits per heavy atom. The van der Waals surface area contributed by atoms with Crippen LogP contribution in [0.4, 0.5) is 0 Å². The van der Waals surface area contributed by atoms with Crippen molar-refractivity contribution in [3.05, 3.63) is 70.1 Å². The Balaban J connectivity index is 1.77. The number of carbonyl (C=O) groups is 2. The number of Topliss-reactive ketones (excluding diaryl/α,β-unsaturated/α-hetero) is 1. The van der Waals surface area contributed by atoms with Crippen LogP contribution in [-0.2, 0) is 20.9 Å². The predicted octanol–water partition coefficient (Wildman–Crippen LogP) is 4.43. The third-order valence-electron chi connectivity index (χ3n) is 6.57. The van der Waals surface area contributed by atoms with Gasteiger partial charge >= 0.3 is 5.97 Å². The van der Waals surface area contributed by atoms with Crippen LogP contribution in [0.15, 0.2) is 58.9 Å². The molecule has 0 saturated carbocycles. The van der Waals surface area contributed by atoms with Gasteiger partial charge in [-0.1, -0.05) is 12.1 Å². The van der Waals surface area contributed by atoms with E-state index < -0.39 is 11.9 Å². The Morgan fingerprint density at radius 3 is 2.22 bits per heavy atom. The van der Waals surface area contributed by atoms with Crippen LogP contribution in [0.25, 0.3) is 0 Å². The summed E-state index contributed by atoms with van der Waals surface area (Å²) >= 11 is 0. The van der Waals surface area contributed by atoms with E-state index in [1.807, 2.05) is 31.2 Å². The number of ether oxygens (including phenoxy) is 5. The molecule has 8 nitrogen and oxygen atoms in total. The molecule has 0 unspecified atom stereocenters. The molecule has 0 saturated heterocycles. The molecule has 0 amide bonds. The van der Waals surface area contributed by atoms with Crippen molar-refractivity contribution >= 4 is 11.8 Å². The number of ketones is 1. The minimum absolute atomic E-state index is 0.00135. The van der Waals surface area contributed by atoms with Gasteiger partial charge in [-0.05, 0) is 43.5 Å². The van der Waals surface area contributed by atoms with Crippen molar-refractivity contribution in [3.8, 4) is 23.0 Å². The number of hydrogen-bond acceptors (Lipinski definition) is 8. The van der Waals surface area contributed by atoms with Crippen molar-refractivity contribution < 1.29 is 33.3 Å². The molecule has 0 bridgehead atoms. The topological polar surface area (TPSA) is 92.3 Å². The van der Waals surface area contributed by atoms with Crippen LogP contribution in [0, 0.1) is 0 Å². The van der Waals surface area contributed by atoms with Gasteiger partial charge in [0, 0.05) is 35.0 Å². The summed E-state index contributed by atoms with van der Waals surface area (Å²) in [5.41, 5.74) is 3.86. The van der Waals surface area contributed by atoms with Crippen molar-refractivity contribution in [1.82, 2.24) is 5.32 Å². The van der Waals surface area contributed by atoms with Gasteiger partial charge < -0.3 is 29.0 Å². The van der Waals surface area contributed by atoms with Crippen molar-refractivity contribution in [2.24, 2.45) is 0 Å². The van der Waals surface area contributed by atoms with E-state index in [2.05, 4.69) is 5.32 Å². The van der Waals surface area contributed by atoms with Crippen molar-refractivity contribution in [3.63, 3.8) is 0 Å². The molecular formula is C28H31NO7. The fourth-order valence-electron chi connectivity index (χ4n) is 4.79. The van der Waals surface area contributed by atoms with Crippen LogP contribution in [-0.4, -0.2) is 40.2 Å². The molecule has 1 N–H and O–H groups in total. The molecule has 190 valence electrons. The first-order valence-corrected chi connectivity index (χ1v) is 11.8. The van der Waals surface area contributed by atoms with E-state index in [1.54, 1.807) is 33.5 Å². The standard InChI is InChI=1S/C28H31NO7/c1-16-25(28(31)36-15-17-9-11-18(32-2)12-10-17)26(27-20(29-16)7-6-8-21(27)30)19-13-23(34-4)24(35-5)14-22(19)33-3/h9-14,26,29H,6-8,15H2,1-5H3/t26-/m0/s1. The summed E-state index contributed by atoms with van der Waals surface area (Å²) in [5, 5.41) is 3.31. The van der Waals surface area contributed by atoms with Gasteiger partial charge in [-0.3, -0.25) is 4.79 Å². The maximum Gasteiger partial charge on any atom is 0.337 e. The third-order valence-corrected chi connectivity index (χ3v) is 6.57. The number of methoxy groups -OCH3 is 4.